The van der Waals surface area contributed by atoms with Crippen LogP contribution in [0, 0.1) is 0 Å². The van der Waals surface area contributed by atoms with Gasteiger partial charge in [0.2, 0.25) is 0 Å². The second kappa shape index (κ2) is 11.2. The van der Waals surface area contributed by atoms with Gasteiger partial charge in [-0.25, -0.2) is 10.2 Å². The van der Waals surface area contributed by atoms with Gasteiger partial charge in [-0.3, -0.25) is 9.69 Å². The van der Waals surface area contributed by atoms with Gasteiger partial charge >= 0.3 is 6.03 Å². The van der Waals surface area contributed by atoms with E-state index in [9.17, 15) is 9.59 Å². The molecule has 0 fully saturated rings. The van der Waals surface area contributed by atoms with Gasteiger partial charge in [0.1, 0.15) is 0 Å². The van der Waals surface area contributed by atoms with Crippen molar-refractivity contribution >= 4 is 29.5 Å². The summed E-state index contributed by atoms with van der Waals surface area (Å²) < 4.78 is 11.5. The van der Waals surface area contributed by atoms with E-state index in [1.54, 1.807) is 23.1 Å². The Morgan fingerprint density at radius 1 is 0.938 bits per heavy atom. The predicted molar refractivity (Wildman–Crippen MR) is 123 cm³/mol. The molecule has 3 rings (SSSR count). The van der Waals surface area contributed by atoms with Crippen LogP contribution in [0.4, 0.5) is 16.2 Å². The summed E-state index contributed by atoms with van der Waals surface area (Å²) in [5, 5.41) is 3.73. The second-order valence-corrected chi connectivity index (χ2v) is 6.56. The molecule has 8 heteroatoms. The van der Waals surface area contributed by atoms with E-state index >= 15 is 0 Å². The number of carbonyl (C=O) groups excluding carboxylic acids is 2. The van der Waals surface area contributed by atoms with Crippen molar-refractivity contribution in [2.45, 2.75) is 6.92 Å². The summed E-state index contributed by atoms with van der Waals surface area (Å²) in [4.78, 5) is 25.5. The standard InChI is InChI=1S/C24H24N4O4/c1-2-31-22-15-18(16-26-27-24(25)30)13-14-21(22)32-17-23(29)28(19-9-5-3-6-10-19)20-11-7-4-8-12-20/h3-16H,2,17H2,1H3,(H3,25,27,30). The second-order valence-electron chi connectivity index (χ2n) is 6.56. The topological polar surface area (TPSA) is 106 Å². The van der Waals surface area contributed by atoms with E-state index in [4.69, 9.17) is 15.2 Å². The third-order valence-corrected chi connectivity index (χ3v) is 4.29. The number of carbonyl (C=O) groups is 2. The molecule has 3 aromatic rings. The van der Waals surface area contributed by atoms with E-state index in [2.05, 4.69) is 10.5 Å². The van der Waals surface area contributed by atoms with Crippen LogP contribution in [-0.2, 0) is 4.79 Å². The van der Waals surface area contributed by atoms with Crippen LogP contribution >= 0.6 is 0 Å². The summed E-state index contributed by atoms with van der Waals surface area (Å²) in [5.74, 6) is 0.636. The molecule has 0 saturated carbocycles. The number of nitrogens with one attached hydrogen (secondary N) is 1. The van der Waals surface area contributed by atoms with Gasteiger partial charge in [0.05, 0.1) is 12.8 Å². The third-order valence-electron chi connectivity index (χ3n) is 4.29. The van der Waals surface area contributed by atoms with Crippen molar-refractivity contribution in [2.75, 3.05) is 18.1 Å². The molecule has 0 unspecified atom stereocenters. The number of nitrogens with two attached hydrogens (primary N) is 1. The van der Waals surface area contributed by atoms with Crippen LogP contribution in [0.15, 0.2) is 84.0 Å². The zero-order valence-corrected chi connectivity index (χ0v) is 17.6. The average Bonchev–Trinajstić information content (AvgIpc) is 2.80. The van der Waals surface area contributed by atoms with Gasteiger partial charge in [-0.1, -0.05) is 36.4 Å². The first-order valence-electron chi connectivity index (χ1n) is 9.99. The van der Waals surface area contributed by atoms with Crippen LogP contribution in [0.1, 0.15) is 12.5 Å². The fourth-order valence-electron chi connectivity index (χ4n) is 2.96. The van der Waals surface area contributed by atoms with Gasteiger partial charge in [-0.15, -0.1) is 0 Å². The minimum atomic E-state index is -0.758. The molecule has 3 N–H and O–H groups in total. The van der Waals surface area contributed by atoms with Crippen molar-refractivity contribution in [3.8, 4) is 11.5 Å². The highest BCUT2D eigenvalue weighted by Gasteiger charge is 2.19. The lowest BCUT2D eigenvalue weighted by atomic mass is 10.2. The Kier molecular flexibility index (Phi) is 7.80. The Balaban J connectivity index is 1.78. The normalized spacial score (nSPS) is 10.5. The molecule has 0 aromatic heterocycles. The Labute approximate surface area is 186 Å². The Hall–Kier alpha value is -4.33. The molecule has 32 heavy (non-hydrogen) atoms. The molecule has 0 aliphatic heterocycles. The van der Waals surface area contributed by atoms with Gasteiger partial charge in [0, 0.05) is 11.4 Å². The molecule has 0 bridgehead atoms. The number of primary amides is 1. The first-order chi connectivity index (χ1) is 15.6. The number of hydrogen-bond donors (Lipinski definition) is 2. The van der Waals surface area contributed by atoms with E-state index in [1.165, 1.54) is 6.21 Å². The largest absolute Gasteiger partial charge is 0.490 e. The number of nitrogens with zero attached hydrogens (tertiary/aromatic N) is 2. The Morgan fingerprint density at radius 3 is 2.12 bits per heavy atom. The third kappa shape index (κ3) is 6.09. The van der Waals surface area contributed by atoms with E-state index in [0.29, 0.717) is 23.7 Å². The van der Waals surface area contributed by atoms with Crippen molar-refractivity contribution in [1.82, 2.24) is 5.43 Å². The molecule has 0 aliphatic carbocycles. The number of ether oxygens (including phenoxy) is 2. The lowest BCUT2D eigenvalue weighted by Gasteiger charge is -2.23. The molecular formula is C24H24N4O4. The molecule has 0 radical (unpaired) electrons. The molecule has 3 amide bonds. The van der Waals surface area contributed by atoms with Crippen LogP contribution in [-0.4, -0.2) is 31.4 Å². The van der Waals surface area contributed by atoms with Crippen molar-refractivity contribution in [3.63, 3.8) is 0 Å². The van der Waals surface area contributed by atoms with Crippen LogP contribution in [0.25, 0.3) is 0 Å². The van der Waals surface area contributed by atoms with E-state index < -0.39 is 6.03 Å². The molecule has 0 heterocycles. The van der Waals surface area contributed by atoms with Crippen LogP contribution < -0.4 is 25.5 Å². The Bertz CT molecular complexity index is 1030. The minimum absolute atomic E-state index is 0.194. The zero-order chi connectivity index (χ0) is 22.8. The van der Waals surface area contributed by atoms with Crippen LogP contribution in [0.3, 0.4) is 0 Å². The van der Waals surface area contributed by atoms with Gasteiger partial charge in [0.15, 0.2) is 18.1 Å². The summed E-state index contributed by atoms with van der Waals surface area (Å²) in [6.07, 6.45) is 1.43. The highest BCUT2D eigenvalue weighted by Crippen LogP contribution is 2.29. The molecule has 0 aliphatic rings. The van der Waals surface area contributed by atoms with Crippen LogP contribution in [0.2, 0.25) is 0 Å². The molecular weight excluding hydrogens is 408 g/mol. The summed E-state index contributed by atoms with van der Waals surface area (Å²) in [5.41, 5.74) is 9.27. The maximum atomic E-state index is 13.1. The van der Waals surface area contributed by atoms with E-state index in [0.717, 1.165) is 11.4 Å². The number of anilines is 2. The lowest BCUT2D eigenvalue weighted by molar-refractivity contribution is -0.119. The monoisotopic (exact) mass is 432 g/mol. The number of hydrogen-bond acceptors (Lipinski definition) is 5. The number of hydrazone groups is 1. The Morgan fingerprint density at radius 2 is 1.56 bits per heavy atom. The molecule has 0 spiro atoms. The highest BCUT2D eigenvalue weighted by atomic mass is 16.5. The quantitative estimate of drug-likeness (QED) is 0.396. The smallest absolute Gasteiger partial charge is 0.332 e. The van der Waals surface area contributed by atoms with Crippen molar-refractivity contribution in [2.24, 2.45) is 10.8 Å². The lowest BCUT2D eigenvalue weighted by Crippen LogP contribution is -2.31. The van der Waals surface area contributed by atoms with Gasteiger partial charge in [0.25, 0.3) is 5.91 Å². The maximum Gasteiger partial charge on any atom is 0.332 e. The minimum Gasteiger partial charge on any atom is -0.490 e. The number of amides is 3. The molecule has 0 atom stereocenters. The number of urea groups is 1. The number of benzene rings is 3. The maximum absolute atomic E-state index is 13.1. The van der Waals surface area contributed by atoms with Gasteiger partial charge in [-0.2, -0.15) is 5.10 Å². The van der Waals surface area contributed by atoms with E-state index in [-0.39, 0.29) is 12.5 Å². The molecule has 3 aromatic carbocycles. The number of para-hydroxylation sites is 2. The number of rotatable bonds is 9. The summed E-state index contributed by atoms with van der Waals surface area (Å²) in [7, 11) is 0. The highest BCUT2D eigenvalue weighted by molar-refractivity contribution is 6.01. The van der Waals surface area contributed by atoms with E-state index in [1.807, 2.05) is 67.6 Å². The zero-order valence-electron chi connectivity index (χ0n) is 17.6. The first kappa shape index (κ1) is 22.4. The first-order valence-corrected chi connectivity index (χ1v) is 9.99. The van der Waals surface area contributed by atoms with Crippen molar-refractivity contribution in [1.29, 1.82) is 0 Å². The fourth-order valence-corrected chi connectivity index (χ4v) is 2.96. The van der Waals surface area contributed by atoms with Crippen LogP contribution in [0.5, 0.6) is 11.5 Å². The van der Waals surface area contributed by atoms with Gasteiger partial charge < -0.3 is 15.2 Å². The van der Waals surface area contributed by atoms with Crippen molar-refractivity contribution < 1.29 is 19.1 Å². The summed E-state index contributed by atoms with van der Waals surface area (Å²) in [6.45, 7) is 2.06. The molecule has 164 valence electrons. The SMILES string of the molecule is CCOc1cc(C=NNC(N)=O)ccc1OCC(=O)N(c1ccccc1)c1ccccc1. The van der Waals surface area contributed by atoms with Gasteiger partial charge in [-0.05, 0) is 55.0 Å². The fraction of sp³-hybridized carbons (Fsp3) is 0.125. The predicted octanol–water partition coefficient (Wildman–Crippen LogP) is 3.83. The van der Waals surface area contributed by atoms with Crippen molar-refractivity contribution in [3.05, 3.63) is 84.4 Å². The average molecular weight is 432 g/mol. The molecule has 0 saturated heterocycles. The molecule has 8 nitrogen and oxygen atoms in total. The summed E-state index contributed by atoms with van der Waals surface area (Å²) in [6, 6.07) is 23.1. The summed E-state index contributed by atoms with van der Waals surface area (Å²) >= 11 is 0.